The molecule has 0 aliphatic carbocycles. The molecule has 0 heterocycles. The summed E-state index contributed by atoms with van der Waals surface area (Å²) in [5.41, 5.74) is 0. The quantitative estimate of drug-likeness (QED) is 0.0292. The molecule has 0 amide bonds. The molecule has 0 aromatic carbocycles. The van der Waals surface area contributed by atoms with Crippen molar-refractivity contribution in [3.8, 4) is 0 Å². The van der Waals surface area contributed by atoms with Crippen LogP contribution >= 0.6 is 7.82 Å². The molecule has 2 N–H and O–H groups in total. The van der Waals surface area contributed by atoms with E-state index in [1.165, 1.54) is 25.7 Å². The smallest absolute Gasteiger partial charge is 0.463 e. The Balaban J connectivity index is 3.76. The van der Waals surface area contributed by atoms with Gasteiger partial charge in [-0.25, -0.2) is 9.45 Å². The molecule has 0 spiro atoms. The van der Waals surface area contributed by atoms with Crippen molar-refractivity contribution in [3.63, 3.8) is 0 Å². The third-order valence-electron chi connectivity index (χ3n) is 5.35. The maximum absolute atomic E-state index is 11.9. The van der Waals surface area contributed by atoms with Gasteiger partial charge in [0.05, 0.1) is 27.7 Å². The van der Waals surface area contributed by atoms with E-state index in [-0.39, 0.29) is 19.6 Å². The molecule has 36 heavy (non-hydrogen) atoms. The third-order valence-corrected chi connectivity index (χ3v) is 6.34. The molecule has 2 atom stereocenters. The lowest BCUT2D eigenvalue weighted by molar-refractivity contribution is -0.870. The van der Waals surface area contributed by atoms with Crippen molar-refractivity contribution in [2.75, 3.05) is 47.5 Å². The summed E-state index contributed by atoms with van der Waals surface area (Å²) in [5, 5.41) is 8.94. The molecule has 0 aromatic heterocycles. The topological polar surface area (TPSA) is 112 Å². The van der Waals surface area contributed by atoms with Gasteiger partial charge in [-0.2, -0.15) is 0 Å². The van der Waals surface area contributed by atoms with Crippen molar-refractivity contribution in [1.29, 1.82) is 0 Å². The highest BCUT2D eigenvalue weighted by Gasteiger charge is 2.25. The Kier molecular flexibility index (Phi) is 21.3. The first-order chi connectivity index (χ1) is 17.1. The predicted octanol–water partition coefficient (Wildman–Crippen LogP) is 6.04. The lowest BCUT2D eigenvalue weighted by atomic mass is 10.1. The zero-order valence-electron chi connectivity index (χ0n) is 22.9. The van der Waals surface area contributed by atoms with E-state index in [9.17, 15) is 14.3 Å². The standard InChI is InChI=1S/C26H50NO8P/c1-5-6-7-8-9-10-11-12-13-14-15-16-17-18-19-20-26(28)32-23-25(35-29)24-34-36(30,31)33-22-21-27(2,3)4/h9-10,12-13,25H,5-8,11,14-24H2,1-4H3,(H-,29,30,31)/p+1/t25-/m1/s1. The molecule has 1 unspecified atom stereocenters. The number of hydrogen-bond donors (Lipinski definition) is 2. The van der Waals surface area contributed by atoms with Crippen molar-refractivity contribution in [3.05, 3.63) is 24.3 Å². The van der Waals surface area contributed by atoms with Gasteiger partial charge in [0.25, 0.3) is 0 Å². The van der Waals surface area contributed by atoms with Gasteiger partial charge >= 0.3 is 13.8 Å². The van der Waals surface area contributed by atoms with Crippen molar-refractivity contribution < 1.29 is 42.7 Å². The van der Waals surface area contributed by atoms with E-state index in [1.807, 2.05) is 21.1 Å². The Morgan fingerprint density at radius 2 is 1.50 bits per heavy atom. The van der Waals surface area contributed by atoms with Crippen molar-refractivity contribution in [1.82, 2.24) is 0 Å². The summed E-state index contributed by atoms with van der Waals surface area (Å²) in [6.45, 7) is 2.03. The lowest BCUT2D eigenvalue weighted by Gasteiger charge is -2.24. The van der Waals surface area contributed by atoms with Crippen LogP contribution in [0.25, 0.3) is 0 Å². The maximum atomic E-state index is 11.9. The zero-order chi connectivity index (χ0) is 27.1. The van der Waals surface area contributed by atoms with Gasteiger partial charge in [0.1, 0.15) is 19.8 Å². The van der Waals surface area contributed by atoms with Gasteiger partial charge in [-0.05, 0) is 38.5 Å². The first-order valence-corrected chi connectivity index (χ1v) is 14.8. The fraction of sp³-hybridized carbons (Fsp3) is 0.808. The zero-order valence-corrected chi connectivity index (χ0v) is 23.8. The number of carbonyl (C=O) groups is 1. The second kappa shape index (κ2) is 22.0. The van der Waals surface area contributed by atoms with E-state index in [2.05, 4.69) is 36.1 Å². The van der Waals surface area contributed by atoms with Gasteiger partial charge in [-0.1, -0.05) is 63.3 Å². The summed E-state index contributed by atoms with van der Waals surface area (Å²) in [6.07, 6.45) is 20.3. The first-order valence-electron chi connectivity index (χ1n) is 13.3. The number of phosphoric ester groups is 1. The molecule has 0 bridgehead atoms. The van der Waals surface area contributed by atoms with Crippen LogP contribution in [0.4, 0.5) is 0 Å². The number of hydrogen-bond acceptors (Lipinski definition) is 7. The van der Waals surface area contributed by atoms with Gasteiger partial charge in [-0.15, -0.1) is 0 Å². The predicted molar refractivity (Wildman–Crippen MR) is 142 cm³/mol. The number of allylic oxidation sites excluding steroid dienone is 4. The second-order valence-corrected chi connectivity index (χ2v) is 11.5. The molecule has 0 aliphatic rings. The number of quaternary nitrogens is 1. The number of ether oxygens (including phenoxy) is 1. The molecule has 0 saturated heterocycles. The van der Waals surface area contributed by atoms with Crippen molar-refractivity contribution in [2.24, 2.45) is 0 Å². The van der Waals surface area contributed by atoms with Crippen LogP contribution in [0.15, 0.2) is 24.3 Å². The number of carbonyl (C=O) groups excluding carboxylic acids is 1. The molecular weight excluding hydrogens is 485 g/mol. The van der Waals surface area contributed by atoms with Gasteiger partial charge in [0, 0.05) is 6.42 Å². The van der Waals surface area contributed by atoms with E-state index in [0.29, 0.717) is 11.0 Å². The van der Waals surface area contributed by atoms with Crippen LogP contribution in [-0.4, -0.2) is 74.2 Å². The van der Waals surface area contributed by atoms with Crippen LogP contribution < -0.4 is 0 Å². The van der Waals surface area contributed by atoms with Crippen LogP contribution in [0.2, 0.25) is 0 Å². The van der Waals surface area contributed by atoms with E-state index >= 15 is 0 Å². The molecule has 0 fully saturated rings. The van der Waals surface area contributed by atoms with E-state index in [0.717, 1.165) is 44.9 Å². The Bertz CT molecular complexity index is 648. The van der Waals surface area contributed by atoms with Crippen LogP contribution in [0.5, 0.6) is 0 Å². The van der Waals surface area contributed by atoms with Crippen LogP contribution in [-0.2, 0) is 28.0 Å². The molecular formula is C26H51NO8P+. The highest BCUT2D eigenvalue weighted by Crippen LogP contribution is 2.43. The van der Waals surface area contributed by atoms with E-state index in [1.54, 1.807) is 0 Å². The Hall–Kier alpha value is -1.06. The van der Waals surface area contributed by atoms with Crippen molar-refractivity contribution >= 4 is 13.8 Å². The summed E-state index contributed by atoms with van der Waals surface area (Å²) in [4.78, 5) is 25.8. The Morgan fingerprint density at radius 3 is 2.11 bits per heavy atom. The molecule has 10 heteroatoms. The SMILES string of the molecule is CCCCCC=CCC=CCCCCCCCC(=O)OC[C@H](COP(=O)(O)OCC[N+](C)(C)C)OO. The fourth-order valence-electron chi connectivity index (χ4n) is 3.09. The minimum Gasteiger partial charge on any atom is -0.463 e. The number of esters is 1. The molecule has 0 rings (SSSR count). The highest BCUT2D eigenvalue weighted by molar-refractivity contribution is 7.47. The number of nitrogens with zero attached hydrogens (tertiary/aromatic N) is 1. The lowest BCUT2D eigenvalue weighted by Crippen LogP contribution is -2.37. The molecule has 0 aliphatic heterocycles. The van der Waals surface area contributed by atoms with Gasteiger partial charge in [-0.3, -0.25) is 19.1 Å². The molecule has 212 valence electrons. The van der Waals surface area contributed by atoms with Gasteiger partial charge < -0.3 is 14.1 Å². The molecule has 0 aromatic rings. The first kappa shape index (κ1) is 34.9. The number of phosphoric acid groups is 1. The Morgan fingerprint density at radius 1 is 0.889 bits per heavy atom. The summed E-state index contributed by atoms with van der Waals surface area (Å²) >= 11 is 0. The summed E-state index contributed by atoms with van der Waals surface area (Å²) in [6, 6.07) is 0. The number of rotatable bonds is 24. The van der Waals surface area contributed by atoms with E-state index < -0.39 is 26.5 Å². The summed E-state index contributed by atoms with van der Waals surface area (Å²) in [7, 11) is 1.48. The number of likely N-dealkylation sites (N-methyl/N-ethyl adjacent to an activating group) is 1. The largest absolute Gasteiger partial charge is 0.472 e. The Labute approximate surface area is 218 Å². The summed E-state index contributed by atoms with van der Waals surface area (Å²) in [5.74, 6) is -0.408. The minimum atomic E-state index is -4.29. The monoisotopic (exact) mass is 536 g/mol. The molecule has 9 nitrogen and oxygen atoms in total. The van der Waals surface area contributed by atoms with Crippen molar-refractivity contribution in [2.45, 2.75) is 90.1 Å². The second-order valence-electron chi connectivity index (χ2n) is 10.0. The third kappa shape index (κ3) is 24.6. The van der Waals surface area contributed by atoms with Gasteiger partial charge in [0.15, 0.2) is 6.10 Å². The van der Waals surface area contributed by atoms with E-state index in [4.69, 9.17) is 19.0 Å². The molecule has 0 saturated carbocycles. The fourth-order valence-corrected chi connectivity index (χ4v) is 3.83. The summed E-state index contributed by atoms with van der Waals surface area (Å²) < 4.78 is 27.2. The van der Waals surface area contributed by atoms with Crippen LogP contribution in [0.3, 0.4) is 0 Å². The maximum Gasteiger partial charge on any atom is 0.472 e. The van der Waals surface area contributed by atoms with Gasteiger partial charge in [0.2, 0.25) is 0 Å². The normalized spacial score (nSPS) is 14.9. The van der Waals surface area contributed by atoms with Crippen LogP contribution in [0, 0.1) is 0 Å². The van der Waals surface area contributed by atoms with Crippen LogP contribution in [0.1, 0.15) is 84.0 Å². The molecule has 0 radical (unpaired) electrons. The average molecular weight is 537 g/mol. The highest BCUT2D eigenvalue weighted by atomic mass is 31.2. The average Bonchev–Trinajstić information content (AvgIpc) is 2.80. The minimum absolute atomic E-state index is 0.0322. The number of unbranched alkanes of at least 4 members (excludes halogenated alkanes) is 8.